The first-order valence-electron chi connectivity index (χ1n) is 10.6. The molecule has 2 fully saturated rings. The highest BCUT2D eigenvalue weighted by Gasteiger charge is 2.51. The van der Waals surface area contributed by atoms with E-state index in [9.17, 15) is 22.4 Å². The smallest absolute Gasteiger partial charge is 0.417 e. The molecule has 1 amide bonds. The molecule has 0 radical (unpaired) electrons. The fourth-order valence-electron chi connectivity index (χ4n) is 4.25. The quantitative estimate of drug-likeness (QED) is 0.443. The molecule has 34 heavy (non-hydrogen) atoms. The number of nitriles is 1. The van der Waals surface area contributed by atoms with Gasteiger partial charge < -0.3 is 14.4 Å². The number of carbonyl (C=O) groups is 1. The summed E-state index contributed by atoms with van der Waals surface area (Å²) >= 11 is 5.49. The number of allylic oxidation sites excluding steroid dienone is 4. The van der Waals surface area contributed by atoms with Crippen LogP contribution in [0.1, 0.15) is 33.1 Å². The third-order valence-electron chi connectivity index (χ3n) is 6.02. The number of hydrogen-bond donors (Lipinski definition) is 0. The van der Waals surface area contributed by atoms with Gasteiger partial charge in [0.05, 0.1) is 24.9 Å². The van der Waals surface area contributed by atoms with E-state index in [1.807, 2.05) is 0 Å². The summed E-state index contributed by atoms with van der Waals surface area (Å²) < 4.78 is 66.2. The highest BCUT2D eigenvalue weighted by atomic mass is 32.1. The summed E-state index contributed by atoms with van der Waals surface area (Å²) in [6.45, 7) is 4.02. The Morgan fingerprint density at radius 1 is 1.29 bits per heavy atom. The predicted molar refractivity (Wildman–Crippen MR) is 118 cm³/mol. The molecule has 1 aromatic carbocycles. The first-order chi connectivity index (χ1) is 15.9. The van der Waals surface area contributed by atoms with Crippen LogP contribution >= 0.6 is 12.2 Å². The summed E-state index contributed by atoms with van der Waals surface area (Å²) in [5, 5.41) is 9.02. The van der Waals surface area contributed by atoms with E-state index in [4.69, 9.17) is 27.0 Å². The van der Waals surface area contributed by atoms with Crippen molar-refractivity contribution in [3.8, 4) is 11.8 Å². The van der Waals surface area contributed by atoms with Crippen molar-refractivity contribution in [3.05, 3.63) is 46.9 Å². The maximum atomic E-state index is 14.8. The maximum Gasteiger partial charge on any atom is 0.417 e. The van der Waals surface area contributed by atoms with Crippen LogP contribution in [0.2, 0.25) is 0 Å². The van der Waals surface area contributed by atoms with E-state index in [0.29, 0.717) is 19.6 Å². The van der Waals surface area contributed by atoms with E-state index in [2.05, 4.69) is 0 Å². The molecule has 0 bridgehead atoms. The Hall–Kier alpha value is -2.97. The van der Waals surface area contributed by atoms with Crippen LogP contribution < -0.4 is 9.64 Å². The van der Waals surface area contributed by atoms with Crippen molar-refractivity contribution in [2.75, 3.05) is 18.1 Å². The second-order valence-electron chi connectivity index (χ2n) is 8.67. The number of ether oxygens (including phenoxy) is 2. The Morgan fingerprint density at radius 2 is 2.03 bits per heavy atom. The highest BCUT2D eigenvalue weighted by molar-refractivity contribution is 7.80. The van der Waals surface area contributed by atoms with E-state index in [0.717, 1.165) is 11.0 Å². The molecular formula is C23H21F4N3O3S. The number of amides is 1. The molecule has 1 aliphatic carbocycles. The Bertz CT molecular complexity index is 1150. The van der Waals surface area contributed by atoms with Crippen LogP contribution in [0.5, 0.6) is 5.75 Å². The topological polar surface area (TPSA) is 65.8 Å². The van der Waals surface area contributed by atoms with Crippen LogP contribution in [0.15, 0.2) is 41.1 Å². The third-order valence-corrected chi connectivity index (χ3v) is 6.38. The number of halogens is 4. The van der Waals surface area contributed by atoms with Gasteiger partial charge in [-0.05, 0) is 57.1 Å². The van der Waals surface area contributed by atoms with Gasteiger partial charge in [-0.25, -0.2) is 4.39 Å². The molecule has 11 heteroatoms. The predicted octanol–water partition coefficient (Wildman–Crippen LogP) is 4.77. The molecule has 2 heterocycles. The molecule has 6 nitrogen and oxygen atoms in total. The minimum absolute atomic E-state index is 0.0306. The van der Waals surface area contributed by atoms with Gasteiger partial charge in [0.2, 0.25) is 0 Å². The zero-order valence-corrected chi connectivity index (χ0v) is 19.2. The molecule has 2 saturated heterocycles. The molecule has 0 unspecified atom stereocenters. The average molecular weight is 495 g/mol. The lowest BCUT2D eigenvalue weighted by atomic mass is 9.94. The lowest BCUT2D eigenvalue weighted by Gasteiger charge is -2.29. The lowest BCUT2D eigenvalue weighted by molar-refractivity contribution is -0.128. The Balaban J connectivity index is 1.67. The number of thiocarbonyl (C=S) groups is 1. The Labute approximate surface area is 199 Å². The van der Waals surface area contributed by atoms with Gasteiger partial charge in [0, 0.05) is 29.4 Å². The first-order valence-corrected chi connectivity index (χ1v) is 11.0. The Kier molecular flexibility index (Phi) is 6.16. The number of rotatable bonds is 4. The van der Waals surface area contributed by atoms with Gasteiger partial charge >= 0.3 is 6.18 Å². The van der Waals surface area contributed by atoms with Crippen LogP contribution in [0.25, 0.3) is 0 Å². The average Bonchev–Trinajstić information content (AvgIpc) is 3.33. The van der Waals surface area contributed by atoms with Gasteiger partial charge in [0.25, 0.3) is 5.91 Å². The molecule has 1 atom stereocenters. The van der Waals surface area contributed by atoms with Crippen LogP contribution in [-0.4, -0.2) is 47.0 Å². The molecule has 4 rings (SSSR count). The normalized spacial score (nSPS) is 22.9. The van der Waals surface area contributed by atoms with Crippen LogP contribution in [-0.2, 0) is 9.53 Å². The van der Waals surface area contributed by atoms with E-state index < -0.39 is 34.6 Å². The van der Waals surface area contributed by atoms with Gasteiger partial charge in [-0.2, -0.15) is 18.4 Å². The maximum absolute atomic E-state index is 14.8. The highest BCUT2D eigenvalue weighted by Crippen LogP contribution is 2.41. The van der Waals surface area contributed by atoms with Crippen molar-refractivity contribution in [1.82, 2.24) is 4.90 Å². The number of carbonyl (C=O) groups excluding carboxylic acids is 1. The van der Waals surface area contributed by atoms with Crippen molar-refractivity contribution in [1.29, 1.82) is 5.26 Å². The number of nitrogens with zero attached hydrogens (tertiary/aromatic N) is 3. The molecule has 2 aliphatic heterocycles. The van der Waals surface area contributed by atoms with E-state index in [1.54, 1.807) is 26.0 Å². The lowest BCUT2D eigenvalue weighted by Crippen LogP contribution is -2.44. The van der Waals surface area contributed by atoms with Gasteiger partial charge in [-0.15, -0.1) is 0 Å². The molecule has 1 aromatic rings. The zero-order chi connectivity index (χ0) is 24.8. The monoisotopic (exact) mass is 495 g/mol. The number of benzene rings is 1. The van der Waals surface area contributed by atoms with E-state index in [1.165, 1.54) is 17.0 Å². The molecule has 180 valence electrons. The van der Waals surface area contributed by atoms with Crippen molar-refractivity contribution >= 4 is 28.9 Å². The number of hydrogen-bond acceptors (Lipinski definition) is 5. The second-order valence-corrected chi connectivity index (χ2v) is 9.04. The summed E-state index contributed by atoms with van der Waals surface area (Å²) in [6.07, 6.45) is -3.70. The fourth-order valence-corrected chi connectivity index (χ4v) is 4.78. The summed E-state index contributed by atoms with van der Waals surface area (Å²) in [5.41, 5.74) is -2.47. The summed E-state index contributed by atoms with van der Waals surface area (Å²) in [5.74, 6) is -1.18. The minimum Gasteiger partial charge on any atom is -0.485 e. The van der Waals surface area contributed by atoms with E-state index in [-0.39, 0.29) is 41.2 Å². The SMILES string of the molecule is CC1(C)C(=O)N(C2=CC(C(F)(F)F)=C(C#N)CC2)C(=S)N1c1ccc(O[C@H]2CCOC2)c(F)c1. The standard InChI is InChI=1S/C23H21F4N3O3S/c1-22(2)20(31)29(14-4-3-13(11-28)17(9-14)23(25,26)27)21(34)30(22)15-5-6-19(18(24)10-15)33-16-7-8-32-12-16/h5-6,9-10,16H,3-4,7-8,12H2,1-2H3/t16-/m0/s1. The number of alkyl halides is 3. The minimum atomic E-state index is -4.75. The molecule has 0 aromatic heterocycles. The molecule has 0 N–H and O–H groups in total. The van der Waals surface area contributed by atoms with Crippen LogP contribution in [0.4, 0.5) is 23.2 Å². The van der Waals surface area contributed by atoms with Crippen LogP contribution in [0, 0.1) is 17.1 Å². The molecular weight excluding hydrogens is 474 g/mol. The summed E-state index contributed by atoms with van der Waals surface area (Å²) in [6, 6.07) is 5.74. The first kappa shape index (κ1) is 24.2. The second kappa shape index (κ2) is 8.67. The van der Waals surface area contributed by atoms with Gasteiger partial charge in [0.1, 0.15) is 11.6 Å². The van der Waals surface area contributed by atoms with Crippen molar-refractivity contribution in [3.63, 3.8) is 0 Å². The van der Waals surface area contributed by atoms with Gasteiger partial charge in [0.15, 0.2) is 16.7 Å². The van der Waals surface area contributed by atoms with Gasteiger partial charge in [-0.1, -0.05) is 0 Å². The number of anilines is 1. The molecule has 0 spiro atoms. The van der Waals surface area contributed by atoms with E-state index >= 15 is 0 Å². The molecule has 3 aliphatic rings. The summed E-state index contributed by atoms with van der Waals surface area (Å²) in [7, 11) is 0. The molecule has 0 saturated carbocycles. The summed E-state index contributed by atoms with van der Waals surface area (Å²) in [4.78, 5) is 15.7. The van der Waals surface area contributed by atoms with Crippen LogP contribution in [0.3, 0.4) is 0 Å². The zero-order valence-electron chi connectivity index (χ0n) is 18.4. The van der Waals surface area contributed by atoms with Gasteiger partial charge in [-0.3, -0.25) is 9.69 Å². The fraction of sp³-hybridized carbons (Fsp3) is 0.435. The Morgan fingerprint density at radius 3 is 2.62 bits per heavy atom. The van der Waals surface area contributed by atoms with Crippen molar-refractivity contribution in [2.45, 2.75) is 50.9 Å². The van der Waals surface area contributed by atoms with Crippen molar-refractivity contribution in [2.24, 2.45) is 0 Å². The van der Waals surface area contributed by atoms with Crippen molar-refractivity contribution < 1.29 is 31.8 Å². The third kappa shape index (κ3) is 4.16. The largest absolute Gasteiger partial charge is 0.485 e.